The molecule has 2 N–H and O–H groups in total. The van der Waals surface area contributed by atoms with E-state index in [1.165, 1.54) is 12.8 Å². The minimum Gasteiger partial charge on any atom is -0.491 e. The van der Waals surface area contributed by atoms with E-state index >= 15 is 0 Å². The van der Waals surface area contributed by atoms with Crippen LogP contribution in [0.15, 0.2) is 73.7 Å². The third-order valence-corrected chi connectivity index (χ3v) is 7.14. The fourth-order valence-corrected chi connectivity index (χ4v) is 5.16. The van der Waals surface area contributed by atoms with Crippen molar-refractivity contribution in [3.63, 3.8) is 0 Å². The Morgan fingerprint density at radius 2 is 1.66 bits per heavy atom. The number of aromatic amines is 2. The van der Waals surface area contributed by atoms with Gasteiger partial charge in [0.25, 0.3) is 0 Å². The van der Waals surface area contributed by atoms with Crippen molar-refractivity contribution in [3.05, 3.63) is 73.7 Å². The van der Waals surface area contributed by atoms with E-state index in [1.807, 2.05) is 43.0 Å². The summed E-state index contributed by atoms with van der Waals surface area (Å²) in [7, 11) is 0. The van der Waals surface area contributed by atoms with E-state index in [-0.39, 0.29) is 0 Å². The number of hydrogen-bond acceptors (Lipinski definition) is 7. The smallest absolute Gasteiger partial charge is 0.181 e. The van der Waals surface area contributed by atoms with Crippen LogP contribution in [0, 0.1) is 0 Å². The molecule has 9 nitrogen and oxygen atoms in total. The Hall–Kier alpha value is -4.63. The standard InChI is InChI=1S/C29H26N8O/c1-2-8-37(7-1)9-10-38-22-11-20(14-31-16-22)21-12-24-28(35-36-29(24)33-15-21)26-13-23-25(17-32-18-27(23)34-26)19-3-5-30-6-4-19/h3-6,11-18,34H,1-2,7-10H2,(H,33,35,36). The van der Waals surface area contributed by atoms with Crippen molar-refractivity contribution in [2.75, 3.05) is 26.2 Å². The number of rotatable bonds is 7. The number of nitrogens with zero attached hydrogens (tertiary/aromatic N) is 6. The number of H-pyrrole nitrogens is 2. The van der Waals surface area contributed by atoms with Gasteiger partial charge >= 0.3 is 0 Å². The summed E-state index contributed by atoms with van der Waals surface area (Å²) in [5.41, 5.74) is 7.41. The van der Waals surface area contributed by atoms with Crippen molar-refractivity contribution < 1.29 is 4.74 Å². The minimum absolute atomic E-state index is 0.654. The lowest BCUT2D eigenvalue weighted by atomic mass is 10.0. The largest absolute Gasteiger partial charge is 0.491 e. The zero-order valence-electron chi connectivity index (χ0n) is 20.8. The van der Waals surface area contributed by atoms with Crippen LogP contribution in [0.4, 0.5) is 0 Å². The lowest BCUT2D eigenvalue weighted by Gasteiger charge is -2.15. The Bertz CT molecular complexity index is 1720. The molecule has 0 saturated carbocycles. The van der Waals surface area contributed by atoms with Gasteiger partial charge in [0.05, 0.1) is 29.3 Å². The minimum atomic E-state index is 0.654. The van der Waals surface area contributed by atoms with Gasteiger partial charge in [-0.2, -0.15) is 5.10 Å². The molecular formula is C29H26N8O. The molecule has 0 aromatic carbocycles. The first-order valence-electron chi connectivity index (χ1n) is 12.8. The van der Waals surface area contributed by atoms with Crippen molar-refractivity contribution >= 4 is 21.9 Å². The summed E-state index contributed by atoms with van der Waals surface area (Å²) in [6, 6.07) is 10.2. The lowest BCUT2D eigenvalue weighted by molar-refractivity contribution is 0.237. The summed E-state index contributed by atoms with van der Waals surface area (Å²) in [6.45, 7) is 3.93. The Morgan fingerprint density at radius 1 is 0.816 bits per heavy atom. The second kappa shape index (κ2) is 9.68. The summed E-state index contributed by atoms with van der Waals surface area (Å²) in [5, 5.41) is 9.63. The van der Waals surface area contributed by atoms with E-state index in [4.69, 9.17) is 4.74 Å². The number of ether oxygens (including phenoxy) is 1. The van der Waals surface area contributed by atoms with Gasteiger partial charge in [0, 0.05) is 65.0 Å². The number of hydrogen-bond donors (Lipinski definition) is 2. The van der Waals surface area contributed by atoms with Crippen molar-refractivity contribution in [1.82, 2.24) is 40.0 Å². The summed E-state index contributed by atoms with van der Waals surface area (Å²) < 4.78 is 6.02. The maximum atomic E-state index is 6.02. The molecule has 7 heterocycles. The van der Waals surface area contributed by atoms with Gasteiger partial charge in [-0.1, -0.05) is 0 Å². The van der Waals surface area contributed by atoms with Crippen molar-refractivity contribution in [3.8, 4) is 39.4 Å². The van der Waals surface area contributed by atoms with Crippen LogP contribution in [0.25, 0.3) is 55.6 Å². The molecule has 6 aromatic heterocycles. The van der Waals surface area contributed by atoms with Crippen molar-refractivity contribution in [2.24, 2.45) is 0 Å². The van der Waals surface area contributed by atoms with Gasteiger partial charge < -0.3 is 9.72 Å². The maximum Gasteiger partial charge on any atom is 0.181 e. The molecule has 0 atom stereocenters. The highest BCUT2D eigenvalue weighted by molar-refractivity contribution is 6.00. The van der Waals surface area contributed by atoms with Crippen LogP contribution in [0.5, 0.6) is 5.75 Å². The summed E-state index contributed by atoms with van der Waals surface area (Å²) in [4.78, 5) is 23.6. The van der Waals surface area contributed by atoms with Crippen LogP contribution in [0.2, 0.25) is 0 Å². The second-order valence-electron chi connectivity index (χ2n) is 9.57. The van der Waals surface area contributed by atoms with Gasteiger partial charge in [0.2, 0.25) is 0 Å². The Balaban J connectivity index is 1.20. The zero-order valence-corrected chi connectivity index (χ0v) is 20.8. The predicted octanol–water partition coefficient (Wildman–Crippen LogP) is 5.10. The fraction of sp³-hybridized carbons (Fsp3) is 0.207. The van der Waals surface area contributed by atoms with E-state index in [9.17, 15) is 0 Å². The summed E-state index contributed by atoms with van der Waals surface area (Å²) in [6.07, 6.45) is 15.3. The van der Waals surface area contributed by atoms with Gasteiger partial charge in [-0.3, -0.25) is 25.0 Å². The van der Waals surface area contributed by atoms with Crippen LogP contribution >= 0.6 is 0 Å². The van der Waals surface area contributed by atoms with Gasteiger partial charge in [-0.15, -0.1) is 0 Å². The molecule has 6 aromatic rings. The molecule has 0 unspecified atom stereocenters. The molecule has 7 rings (SSSR count). The van der Waals surface area contributed by atoms with Gasteiger partial charge in [0.15, 0.2) is 5.65 Å². The SMILES string of the molecule is c1cc(-c2cncc3[nH]c(-c4[nH]nc5ncc(-c6cncc(OCCN7CCCC7)c6)cc45)cc23)ccn1. The van der Waals surface area contributed by atoms with Crippen LogP contribution in [0.1, 0.15) is 12.8 Å². The van der Waals surface area contributed by atoms with E-state index in [0.717, 1.165) is 75.3 Å². The van der Waals surface area contributed by atoms with Crippen LogP contribution in [-0.2, 0) is 0 Å². The third kappa shape index (κ3) is 4.26. The molecule has 9 heteroatoms. The van der Waals surface area contributed by atoms with Crippen LogP contribution in [-0.4, -0.2) is 66.3 Å². The average Bonchev–Trinajstić information content (AvgIpc) is 3.73. The number of pyridine rings is 4. The molecule has 0 spiro atoms. The zero-order chi connectivity index (χ0) is 25.3. The molecule has 0 bridgehead atoms. The summed E-state index contributed by atoms with van der Waals surface area (Å²) >= 11 is 0. The lowest BCUT2D eigenvalue weighted by Crippen LogP contribution is -2.25. The molecule has 1 fully saturated rings. The number of nitrogens with one attached hydrogen (secondary N) is 2. The van der Waals surface area contributed by atoms with Gasteiger partial charge in [0.1, 0.15) is 12.4 Å². The van der Waals surface area contributed by atoms with Crippen molar-refractivity contribution in [1.29, 1.82) is 0 Å². The Morgan fingerprint density at radius 3 is 2.55 bits per heavy atom. The molecule has 188 valence electrons. The topological polar surface area (TPSA) is 108 Å². The molecule has 1 aliphatic heterocycles. The maximum absolute atomic E-state index is 6.02. The molecule has 0 aliphatic carbocycles. The van der Waals surface area contributed by atoms with Gasteiger partial charge in [-0.05, 0) is 61.8 Å². The second-order valence-corrected chi connectivity index (χ2v) is 9.57. The monoisotopic (exact) mass is 502 g/mol. The normalized spacial score (nSPS) is 14.0. The molecule has 0 amide bonds. The Kier molecular flexibility index (Phi) is 5.75. The quantitative estimate of drug-likeness (QED) is 0.313. The van der Waals surface area contributed by atoms with Crippen LogP contribution in [0.3, 0.4) is 0 Å². The first-order chi connectivity index (χ1) is 18.8. The first-order valence-corrected chi connectivity index (χ1v) is 12.8. The highest BCUT2D eigenvalue weighted by Gasteiger charge is 2.16. The molecule has 1 aliphatic rings. The number of likely N-dealkylation sites (tertiary alicyclic amines) is 1. The van der Waals surface area contributed by atoms with E-state index in [0.29, 0.717) is 12.3 Å². The van der Waals surface area contributed by atoms with E-state index < -0.39 is 0 Å². The van der Waals surface area contributed by atoms with E-state index in [1.54, 1.807) is 18.6 Å². The highest BCUT2D eigenvalue weighted by Crippen LogP contribution is 2.34. The predicted molar refractivity (Wildman–Crippen MR) is 147 cm³/mol. The Labute approximate surface area is 219 Å². The number of fused-ring (bicyclic) bond motifs is 2. The molecule has 0 radical (unpaired) electrons. The summed E-state index contributed by atoms with van der Waals surface area (Å²) in [5.74, 6) is 0.765. The van der Waals surface area contributed by atoms with E-state index in [2.05, 4.69) is 52.1 Å². The number of aromatic nitrogens is 7. The molecule has 1 saturated heterocycles. The molecule has 38 heavy (non-hydrogen) atoms. The molecular weight excluding hydrogens is 476 g/mol. The average molecular weight is 503 g/mol. The first kappa shape index (κ1) is 22.6. The highest BCUT2D eigenvalue weighted by atomic mass is 16.5. The van der Waals surface area contributed by atoms with Gasteiger partial charge in [-0.25, -0.2) is 4.98 Å². The van der Waals surface area contributed by atoms with Crippen LogP contribution < -0.4 is 4.74 Å². The fourth-order valence-electron chi connectivity index (χ4n) is 5.16. The third-order valence-electron chi connectivity index (χ3n) is 7.14. The van der Waals surface area contributed by atoms with Crippen molar-refractivity contribution in [2.45, 2.75) is 12.8 Å².